The zero-order valence-corrected chi connectivity index (χ0v) is 11.1. The van der Waals surface area contributed by atoms with Crippen molar-refractivity contribution in [3.63, 3.8) is 0 Å². The van der Waals surface area contributed by atoms with Crippen molar-refractivity contribution in [3.8, 4) is 5.75 Å². The molecule has 0 spiro atoms. The van der Waals surface area contributed by atoms with Crippen molar-refractivity contribution in [1.82, 2.24) is 0 Å². The third-order valence-corrected chi connectivity index (χ3v) is 3.09. The fourth-order valence-electron chi connectivity index (χ4n) is 1.47. The highest BCUT2D eigenvalue weighted by atomic mass is 16.5. The van der Waals surface area contributed by atoms with Crippen LogP contribution in [0.1, 0.15) is 30.6 Å². The Kier molecular flexibility index (Phi) is 4.50. The van der Waals surface area contributed by atoms with E-state index in [9.17, 15) is 14.7 Å². The second kappa shape index (κ2) is 5.71. The number of aromatic carboxylic acids is 1. The summed E-state index contributed by atoms with van der Waals surface area (Å²) in [4.78, 5) is 23.1. The Labute approximate surface area is 111 Å². The minimum absolute atomic E-state index is 0.118. The lowest BCUT2D eigenvalue weighted by molar-refractivity contribution is -0.136. The number of carboxylic acids is 1. The number of aromatic hydroxyl groups is 1. The van der Waals surface area contributed by atoms with Gasteiger partial charge in [0.15, 0.2) is 0 Å². The van der Waals surface area contributed by atoms with Gasteiger partial charge in [0.05, 0.1) is 11.3 Å². The summed E-state index contributed by atoms with van der Waals surface area (Å²) < 4.78 is 5.14. The Morgan fingerprint density at radius 3 is 2.53 bits per heavy atom. The summed E-state index contributed by atoms with van der Waals surface area (Å²) in [5.41, 5.74) is -1.09. The lowest BCUT2D eigenvalue weighted by atomic mass is 10.0. The summed E-state index contributed by atoms with van der Waals surface area (Å²) in [5, 5.41) is 20.8. The standard InChI is InChI=1S/C13H17NO5/c1-4-13(2,19-3)12(18)14-10-6-5-8(15)7-9(10)11(16)17/h5-7,15H,4H2,1-3H3,(H,14,18)(H,16,17). The number of hydrogen-bond donors (Lipinski definition) is 3. The van der Waals surface area contributed by atoms with Crippen molar-refractivity contribution in [2.45, 2.75) is 25.9 Å². The number of carbonyl (C=O) groups excluding carboxylic acids is 1. The van der Waals surface area contributed by atoms with Gasteiger partial charge in [-0.2, -0.15) is 0 Å². The maximum absolute atomic E-state index is 12.1. The second-order valence-corrected chi connectivity index (χ2v) is 4.28. The number of hydrogen-bond acceptors (Lipinski definition) is 4. The predicted molar refractivity (Wildman–Crippen MR) is 69.4 cm³/mol. The van der Waals surface area contributed by atoms with Crippen LogP contribution in [0.3, 0.4) is 0 Å². The molecule has 0 fully saturated rings. The van der Waals surface area contributed by atoms with Crippen LogP contribution >= 0.6 is 0 Å². The molecular weight excluding hydrogens is 250 g/mol. The van der Waals surface area contributed by atoms with Gasteiger partial charge in [0.25, 0.3) is 5.91 Å². The summed E-state index contributed by atoms with van der Waals surface area (Å²) in [6, 6.07) is 3.72. The smallest absolute Gasteiger partial charge is 0.337 e. The number of phenolic OH excluding ortho intramolecular Hbond substituents is 1. The summed E-state index contributed by atoms with van der Waals surface area (Å²) in [6.07, 6.45) is 0.440. The molecule has 0 aliphatic heterocycles. The molecule has 0 bridgehead atoms. The number of amides is 1. The van der Waals surface area contributed by atoms with Gasteiger partial charge >= 0.3 is 5.97 Å². The van der Waals surface area contributed by atoms with Gasteiger partial charge in [-0.15, -0.1) is 0 Å². The highest BCUT2D eigenvalue weighted by Gasteiger charge is 2.31. The zero-order chi connectivity index (χ0) is 14.6. The molecule has 104 valence electrons. The summed E-state index contributed by atoms with van der Waals surface area (Å²) >= 11 is 0. The largest absolute Gasteiger partial charge is 0.508 e. The molecular formula is C13H17NO5. The normalized spacial score (nSPS) is 13.6. The first-order valence-corrected chi connectivity index (χ1v) is 5.77. The van der Waals surface area contributed by atoms with Crippen LogP contribution in [0.15, 0.2) is 18.2 Å². The average molecular weight is 267 g/mol. The Bertz CT molecular complexity index is 494. The molecule has 1 unspecified atom stereocenters. The van der Waals surface area contributed by atoms with Gasteiger partial charge in [-0.3, -0.25) is 4.79 Å². The van der Waals surface area contributed by atoms with Gasteiger partial charge in [0.2, 0.25) is 0 Å². The van der Waals surface area contributed by atoms with Crippen LogP contribution in [0.5, 0.6) is 5.75 Å². The molecule has 3 N–H and O–H groups in total. The number of phenols is 1. The number of benzene rings is 1. The number of carbonyl (C=O) groups is 2. The molecule has 1 atom stereocenters. The number of methoxy groups -OCH3 is 1. The molecule has 1 rings (SSSR count). The monoisotopic (exact) mass is 267 g/mol. The van der Waals surface area contributed by atoms with E-state index in [1.54, 1.807) is 13.8 Å². The highest BCUT2D eigenvalue weighted by Crippen LogP contribution is 2.24. The van der Waals surface area contributed by atoms with Crippen molar-refractivity contribution in [2.75, 3.05) is 12.4 Å². The maximum atomic E-state index is 12.1. The minimum atomic E-state index is -1.23. The molecule has 0 aromatic heterocycles. The lowest BCUT2D eigenvalue weighted by Gasteiger charge is -2.25. The molecule has 6 nitrogen and oxygen atoms in total. The fraction of sp³-hybridized carbons (Fsp3) is 0.385. The topological polar surface area (TPSA) is 95.9 Å². The van der Waals surface area contributed by atoms with Crippen LogP contribution < -0.4 is 5.32 Å². The van der Waals surface area contributed by atoms with Crippen molar-refractivity contribution in [3.05, 3.63) is 23.8 Å². The summed E-state index contributed by atoms with van der Waals surface area (Å²) in [6.45, 7) is 3.40. The molecule has 6 heteroatoms. The van der Waals surface area contributed by atoms with Crippen LogP contribution in [0.2, 0.25) is 0 Å². The number of nitrogens with one attached hydrogen (secondary N) is 1. The van der Waals surface area contributed by atoms with Crippen molar-refractivity contribution < 1.29 is 24.5 Å². The van der Waals surface area contributed by atoms with E-state index in [0.29, 0.717) is 6.42 Å². The molecule has 1 aromatic carbocycles. The van der Waals surface area contributed by atoms with E-state index in [0.717, 1.165) is 6.07 Å². The maximum Gasteiger partial charge on any atom is 0.337 e. The third kappa shape index (κ3) is 3.23. The van der Waals surface area contributed by atoms with Gasteiger partial charge in [-0.25, -0.2) is 4.79 Å². The summed E-state index contributed by atoms with van der Waals surface area (Å²) in [7, 11) is 1.41. The SMILES string of the molecule is CCC(C)(OC)C(=O)Nc1ccc(O)cc1C(=O)O. The molecule has 0 radical (unpaired) electrons. The number of anilines is 1. The van der Waals surface area contributed by atoms with E-state index in [1.807, 2.05) is 0 Å². The van der Waals surface area contributed by atoms with Crippen LogP contribution in [0, 0.1) is 0 Å². The Balaban J connectivity index is 3.06. The first kappa shape index (κ1) is 15.0. The number of carboxylic acid groups (broad SMARTS) is 1. The first-order chi connectivity index (χ1) is 8.84. The van der Waals surface area contributed by atoms with Gasteiger partial charge in [0, 0.05) is 7.11 Å². The Morgan fingerprint density at radius 2 is 2.05 bits per heavy atom. The van der Waals surface area contributed by atoms with Crippen LogP contribution in [-0.2, 0) is 9.53 Å². The van der Waals surface area contributed by atoms with Crippen LogP contribution in [0.4, 0.5) is 5.69 Å². The molecule has 0 aliphatic rings. The van der Waals surface area contributed by atoms with E-state index >= 15 is 0 Å². The van der Waals surface area contributed by atoms with Gasteiger partial charge in [-0.1, -0.05) is 6.92 Å². The van der Waals surface area contributed by atoms with E-state index in [4.69, 9.17) is 9.84 Å². The van der Waals surface area contributed by atoms with Crippen LogP contribution in [0.25, 0.3) is 0 Å². The molecule has 0 aliphatic carbocycles. The van der Waals surface area contributed by atoms with E-state index < -0.39 is 17.5 Å². The molecule has 1 aromatic rings. The van der Waals surface area contributed by atoms with E-state index in [2.05, 4.69) is 5.32 Å². The average Bonchev–Trinajstić information content (AvgIpc) is 2.39. The third-order valence-electron chi connectivity index (χ3n) is 3.09. The molecule has 19 heavy (non-hydrogen) atoms. The Hall–Kier alpha value is -2.08. The van der Waals surface area contributed by atoms with Gasteiger partial charge in [0.1, 0.15) is 11.4 Å². The van der Waals surface area contributed by atoms with E-state index in [-0.39, 0.29) is 17.0 Å². The van der Waals surface area contributed by atoms with Crippen molar-refractivity contribution in [1.29, 1.82) is 0 Å². The van der Waals surface area contributed by atoms with Crippen LogP contribution in [-0.4, -0.2) is 34.8 Å². The lowest BCUT2D eigenvalue weighted by Crippen LogP contribution is -2.41. The van der Waals surface area contributed by atoms with Gasteiger partial charge in [-0.05, 0) is 31.5 Å². The zero-order valence-electron chi connectivity index (χ0n) is 11.1. The first-order valence-electron chi connectivity index (χ1n) is 5.77. The summed E-state index contributed by atoms with van der Waals surface area (Å²) in [5.74, 6) is -1.85. The molecule has 0 saturated carbocycles. The van der Waals surface area contributed by atoms with E-state index in [1.165, 1.54) is 19.2 Å². The highest BCUT2D eigenvalue weighted by molar-refractivity contribution is 6.03. The predicted octanol–water partition coefficient (Wildman–Crippen LogP) is 1.84. The molecule has 0 heterocycles. The quantitative estimate of drug-likeness (QED) is 0.707. The minimum Gasteiger partial charge on any atom is -0.508 e. The van der Waals surface area contributed by atoms with Crippen molar-refractivity contribution >= 4 is 17.6 Å². The molecule has 0 saturated heterocycles. The number of ether oxygens (including phenoxy) is 1. The van der Waals surface area contributed by atoms with Crippen molar-refractivity contribution in [2.24, 2.45) is 0 Å². The second-order valence-electron chi connectivity index (χ2n) is 4.28. The molecule has 1 amide bonds. The van der Waals surface area contributed by atoms with Gasteiger partial charge < -0.3 is 20.3 Å². The number of rotatable bonds is 5. The Morgan fingerprint density at radius 1 is 1.42 bits per heavy atom. The fourth-order valence-corrected chi connectivity index (χ4v) is 1.47.